The first-order valence-corrected chi connectivity index (χ1v) is 9.32. The van der Waals surface area contributed by atoms with E-state index in [1.807, 2.05) is 56.3 Å². The molecular weight excluding hydrogens is 360 g/mol. The van der Waals surface area contributed by atoms with Crippen LogP contribution in [0.5, 0.6) is 0 Å². The highest BCUT2D eigenvalue weighted by Crippen LogP contribution is 2.43. The number of carbonyl (C=O) groups excluding carboxylic acids is 1. The number of aliphatic hydroxyl groups excluding tert-OH is 1. The second-order valence-electron chi connectivity index (χ2n) is 7.08. The molecule has 1 aliphatic heterocycles. The Labute approximate surface area is 163 Å². The average Bonchev–Trinajstić information content (AvgIpc) is 2.67. The molecule has 2 aromatic carbocycles. The molecule has 7 heteroatoms. The Balaban J connectivity index is 1.93. The fraction of sp³-hybridized carbons (Fsp3) is 0.381. The topological polar surface area (TPSA) is 92.9 Å². The number of rotatable bonds is 5. The Bertz CT molecular complexity index is 855. The van der Waals surface area contributed by atoms with E-state index in [1.54, 1.807) is 6.07 Å². The third kappa shape index (κ3) is 3.99. The van der Waals surface area contributed by atoms with E-state index in [9.17, 15) is 20.0 Å². The summed E-state index contributed by atoms with van der Waals surface area (Å²) >= 11 is 0. The second-order valence-corrected chi connectivity index (χ2v) is 7.08. The molecule has 0 spiro atoms. The second kappa shape index (κ2) is 8.39. The Morgan fingerprint density at radius 2 is 1.96 bits per heavy atom. The van der Waals surface area contributed by atoms with Crippen molar-refractivity contribution >= 4 is 11.8 Å². The highest BCUT2D eigenvalue weighted by molar-refractivity contribution is 5.90. The zero-order valence-electron chi connectivity index (χ0n) is 15.9. The number of benzene rings is 2. The zero-order valence-corrected chi connectivity index (χ0v) is 15.9. The molecule has 1 amide bonds. The lowest BCUT2D eigenvalue weighted by Crippen LogP contribution is -2.51. The molecule has 0 bridgehead atoms. The summed E-state index contributed by atoms with van der Waals surface area (Å²) in [7, 11) is 0. The molecule has 1 N–H and O–H groups in total. The van der Waals surface area contributed by atoms with E-state index in [4.69, 9.17) is 4.74 Å². The number of carbonyl (C=O) groups is 1. The Kier molecular flexibility index (Phi) is 5.94. The van der Waals surface area contributed by atoms with Gasteiger partial charge in [0, 0.05) is 10.8 Å². The van der Waals surface area contributed by atoms with Crippen LogP contribution in [0.25, 0.3) is 0 Å². The van der Waals surface area contributed by atoms with Crippen molar-refractivity contribution in [3.05, 3.63) is 75.3 Å². The molecule has 148 valence electrons. The smallest absolute Gasteiger partial charge is 0.416 e. The maximum atomic E-state index is 12.8. The summed E-state index contributed by atoms with van der Waals surface area (Å²) in [6, 6.07) is 14.7. The van der Waals surface area contributed by atoms with Crippen molar-refractivity contribution in [2.24, 2.45) is 5.92 Å². The van der Waals surface area contributed by atoms with Crippen molar-refractivity contribution in [2.45, 2.75) is 39.0 Å². The summed E-state index contributed by atoms with van der Waals surface area (Å²) in [5.41, 5.74) is 2.94. The van der Waals surface area contributed by atoms with Crippen molar-refractivity contribution in [1.82, 2.24) is 0 Å². The summed E-state index contributed by atoms with van der Waals surface area (Å²) in [6.07, 6.45) is -1.36. The third-order valence-corrected chi connectivity index (χ3v) is 5.23. The van der Waals surface area contributed by atoms with Gasteiger partial charge in [-0.15, -0.1) is 0 Å². The maximum absolute atomic E-state index is 12.8. The van der Waals surface area contributed by atoms with Crippen LogP contribution in [0.4, 0.5) is 10.5 Å². The summed E-state index contributed by atoms with van der Waals surface area (Å²) in [5, 5.41) is 22.1. The molecule has 2 aromatic rings. The molecule has 28 heavy (non-hydrogen) atoms. The van der Waals surface area contributed by atoms with E-state index in [0.717, 1.165) is 11.1 Å². The van der Waals surface area contributed by atoms with Gasteiger partial charge in [0.15, 0.2) is 0 Å². The van der Waals surface area contributed by atoms with Gasteiger partial charge in [-0.05, 0) is 30.5 Å². The SMILES string of the molecule is CC[C@@H]1[C@H](C[N+](=O)[O-])c2cc(C)ccc2N(C(=O)OCc2ccccc2)[C@@H]1O. The summed E-state index contributed by atoms with van der Waals surface area (Å²) < 4.78 is 5.43. The highest BCUT2D eigenvalue weighted by Gasteiger charge is 2.44. The van der Waals surface area contributed by atoms with Crippen LogP contribution in [-0.4, -0.2) is 28.9 Å². The molecule has 0 aliphatic carbocycles. The number of fused-ring (bicyclic) bond motifs is 1. The molecule has 1 aliphatic rings. The molecular formula is C21H24N2O5. The van der Waals surface area contributed by atoms with Crippen molar-refractivity contribution in [2.75, 3.05) is 11.4 Å². The van der Waals surface area contributed by atoms with Gasteiger partial charge in [-0.25, -0.2) is 4.79 Å². The molecule has 3 atom stereocenters. The minimum absolute atomic E-state index is 0.0825. The highest BCUT2D eigenvalue weighted by atomic mass is 16.6. The predicted octanol–water partition coefficient (Wildman–Crippen LogP) is 3.86. The number of aryl methyl sites for hydroxylation is 1. The number of anilines is 1. The molecule has 1 heterocycles. The lowest BCUT2D eigenvalue weighted by Gasteiger charge is -2.42. The van der Waals surface area contributed by atoms with E-state index >= 15 is 0 Å². The van der Waals surface area contributed by atoms with Gasteiger partial charge in [0.2, 0.25) is 6.54 Å². The van der Waals surface area contributed by atoms with Gasteiger partial charge in [0.25, 0.3) is 0 Å². The van der Waals surface area contributed by atoms with Crippen LogP contribution in [0.1, 0.15) is 36.0 Å². The fourth-order valence-electron chi connectivity index (χ4n) is 3.85. The molecule has 0 saturated carbocycles. The lowest BCUT2D eigenvalue weighted by molar-refractivity contribution is -0.485. The van der Waals surface area contributed by atoms with Crippen LogP contribution < -0.4 is 4.90 Å². The van der Waals surface area contributed by atoms with Crippen LogP contribution in [0.2, 0.25) is 0 Å². The number of amides is 1. The molecule has 0 radical (unpaired) electrons. The van der Waals surface area contributed by atoms with Gasteiger partial charge in [-0.2, -0.15) is 0 Å². The van der Waals surface area contributed by atoms with Gasteiger partial charge in [-0.3, -0.25) is 15.0 Å². The monoisotopic (exact) mass is 384 g/mol. The third-order valence-electron chi connectivity index (χ3n) is 5.23. The predicted molar refractivity (Wildman–Crippen MR) is 105 cm³/mol. The molecule has 0 saturated heterocycles. The molecule has 3 rings (SSSR count). The largest absolute Gasteiger partial charge is 0.444 e. The van der Waals surface area contributed by atoms with E-state index < -0.39 is 24.2 Å². The number of ether oxygens (including phenoxy) is 1. The number of hydrogen-bond donors (Lipinski definition) is 1. The van der Waals surface area contributed by atoms with Crippen LogP contribution >= 0.6 is 0 Å². The number of nitrogens with zero attached hydrogens (tertiary/aromatic N) is 2. The van der Waals surface area contributed by atoms with Crippen LogP contribution in [0.15, 0.2) is 48.5 Å². The van der Waals surface area contributed by atoms with Crippen molar-refractivity contribution in [3.63, 3.8) is 0 Å². The van der Waals surface area contributed by atoms with Crippen molar-refractivity contribution in [3.8, 4) is 0 Å². The number of nitro groups is 1. The van der Waals surface area contributed by atoms with E-state index in [2.05, 4.69) is 0 Å². The fourth-order valence-corrected chi connectivity index (χ4v) is 3.85. The normalized spacial score (nSPS) is 21.1. The molecule has 7 nitrogen and oxygen atoms in total. The van der Waals surface area contributed by atoms with Gasteiger partial charge in [-0.1, -0.05) is 55.0 Å². The lowest BCUT2D eigenvalue weighted by atomic mass is 9.78. The van der Waals surface area contributed by atoms with Gasteiger partial charge < -0.3 is 9.84 Å². The summed E-state index contributed by atoms with van der Waals surface area (Å²) in [5.74, 6) is -0.924. The number of hydrogen-bond acceptors (Lipinski definition) is 5. The first kappa shape index (κ1) is 19.8. The van der Waals surface area contributed by atoms with Gasteiger partial charge in [0.1, 0.15) is 12.8 Å². The Hall–Kier alpha value is -2.93. The molecule has 0 fully saturated rings. The van der Waals surface area contributed by atoms with Crippen LogP contribution in [-0.2, 0) is 11.3 Å². The minimum atomic E-state index is -1.19. The van der Waals surface area contributed by atoms with Crippen LogP contribution in [0.3, 0.4) is 0 Å². The average molecular weight is 384 g/mol. The van der Waals surface area contributed by atoms with Gasteiger partial charge >= 0.3 is 6.09 Å². The quantitative estimate of drug-likeness (QED) is 0.624. The van der Waals surface area contributed by atoms with Crippen molar-refractivity contribution < 1.29 is 19.6 Å². The molecule has 0 unspecified atom stereocenters. The minimum Gasteiger partial charge on any atom is -0.444 e. The van der Waals surface area contributed by atoms with Crippen molar-refractivity contribution in [1.29, 1.82) is 0 Å². The van der Waals surface area contributed by atoms with Crippen LogP contribution in [0, 0.1) is 23.0 Å². The van der Waals surface area contributed by atoms with Gasteiger partial charge in [0.05, 0.1) is 11.6 Å². The maximum Gasteiger partial charge on any atom is 0.416 e. The first-order chi connectivity index (χ1) is 13.4. The van der Waals surface area contributed by atoms with E-state index in [-0.39, 0.29) is 18.1 Å². The standard InChI is InChI=1S/C21H24N2O5/c1-3-16-18(12-22(26)27)17-11-14(2)9-10-19(17)23(20(16)24)21(25)28-13-15-7-5-4-6-8-15/h4-11,16,18,20,24H,3,12-13H2,1-2H3/t16-,18+,20-/m1/s1. The van der Waals surface area contributed by atoms with E-state index in [1.165, 1.54) is 4.90 Å². The zero-order chi connectivity index (χ0) is 20.3. The number of aliphatic hydroxyl groups is 1. The Morgan fingerprint density at radius 1 is 1.25 bits per heavy atom. The molecule has 0 aromatic heterocycles. The van der Waals surface area contributed by atoms with E-state index in [0.29, 0.717) is 17.7 Å². The summed E-state index contributed by atoms with van der Waals surface area (Å²) in [4.78, 5) is 24.9. The summed E-state index contributed by atoms with van der Waals surface area (Å²) in [6.45, 7) is 3.54. The Morgan fingerprint density at radius 3 is 2.61 bits per heavy atom. The first-order valence-electron chi connectivity index (χ1n) is 9.32.